The molecule has 2 aromatic carbocycles. The van der Waals surface area contributed by atoms with Gasteiger partial charge in [-0.25, -0.2) is 5.43 Å². The first kappa shape index (κ1) is 18.3. The molecular formula is C18H18Cl2N2O2. The summed E-state index contributed by atoms with van der Waals surface area (Å²) in [6, 6.07) is 12.0. The van der Waals surface area contributed by atoms with Crippen LogP contribution in [0.2, 0.25) is 10.0 Å². The van der Waals surface area contributed by atoms with Gasteiger partial charge in [0.1, 0.15) is 5.75 Å². The Labute approximate surface area is 151 Å². The predicted molar refractivity (Wildman–Crippen MR) is 98.4 cm³/mol. The smallest absolute Gasteiger partial charge is 0.271 e. The first-order valence-corrected chi connectivity index (χ1v) is 8.29. The van der Waals surface area contributed by atoms with Crippen LogP contribution in [0.15, 0.2) is 47.6 Å². The average molecular weight is 365 g/mol. The second-order valence-electron chi connectivity index (χ2n) is 5.14. The zero-order valence-electron chi connectivity index (χ0n) is 13.5. The summed E-state index contributed by atoms with van der Waals surface area (Å²) < 4.78 is 5.48. The van der Waals surface area contributed by atoms with Crippen LogP contribution >= 0.6 is 23.2 Å². The zero-order valence-corrected chi connectivity index (χ0v) is 15.0. The maximum Gasteiger partial charge on any atom is 0.271 e. The molecule has 2 rings (SSSR count). The Hall–Kier alpha value is -2.04. The Morgan fingerprint density at radius 1 is 1.17 bits per heavy atom. The third kappa shape index (κ3) is 4.98. The predicted octanol–water partition coefficient (Wildman–Crippen LogP) is 4.94. The normalized spacial score (nSPS) is 11.2. The molecule has 0 aliphatic heterocycles. The van der Waals surface area contributed by atoms with E-state index in [1.54, 1.807) is 49.4 Å². The number of nitrogens with zero attached hydrogens (tertiary/aromatic N) is 1. The molecule has 1 amide bonds. The van der Waals surface area contributed by atoms with E-state index in [2.05, 4.69) is 10.5 Å². The minimum atomic E-state index is -0.311. The molecule has 0 saturated heterocycles. The van der Waals surface area contributed by atoms with E-state index in [0.717, 1.165) is 12.2 Å². The molecule has 0 aliphatic carbocycles. The van der Waals surface area contributed by atoms with Crippen molar-refractivity contribution < 1.29 is 9.53 Å². The number of hydrogen-bond acceptors (Lipinski definition) is 3. The quantitative estimate of drug-likeness (QED) is 0.583. The van der Waals surface area contributed by atoms with Gasteiger partial charge in [-0.2, -0.15) is 5.10 Å². The van der Waals surface area contributed by atoms with Crippen molar-refractivity contribution in [1.29, 1.82) is 0 Å². The lowest BCUT2D eigenvalue weighted by atomic mass is 10.1. The van der Waals surface area contributed by atoms with Gasteiger partial charge in [-0.15, -0.1) is 0 Å². The number of carbonyl (C=O) groups excluding carboxylic acids is 1. The van der Waals surface area contributed by atoms with Crippen LogP contribution in [0.3, 0.4) is 0 Å². The van der Waals surface area contributed by atoms with E-state index in [1.165, 1.54) is 0 Å². The summed E-state index contributed by atoms with van der Waals surface area (Å²) in [5.41, 5.74) is 4.25. The maximum atomic E-state index is 12.1. The molecule has 0 saturated carbocycles. The lowest BCUT2D eigenvalue weighted by Crippen LogP contribution is -2.19. The summed E-state index contributed by atoms with van der Waals surface area (Å²) in [7, 11) is 0. The Kier molecular flexibility index (Phi) is 6.64. The number of nitrogens with one attached hydrogen (secondary N) is 1. The van der Waals surface area contributed by atoms with Crippen LogP contribution in [0.5, 0.6) is 5.75 Å². The van der Waals surface area contributed by atoms with Gasteiger partial charge in [0.05, 0.1) is 12.3 Å². The number of amides is 1. The van der Waals surface area contributed by atoms with E-state index in [1.807, 2.05) is 6.92 Å². The second-order valence-corrected chi connectivity index (χ2v) is 5.98. The van der Waals surface area contributed by atoms with Gasteiger partial charge in [-0.1, -0.05) is 30.1 Å². The average Bonchev–Trinajstić information content (AvgIpc) is 2.60. The van der Waals surface area contributed by atoms with Crippen molar-refractivity contribution in [3.05, 3.63) is 63.6 Å². The Bertz CT molecular complexity index is 743. The van der Waals surface area contributed by atoms with Gasteiger partial charge in [0.25, 0.3) is 5.91 Å². The van der Waals surface area contributed by atoms with Gasteiger partial charge in [-0.3, -0.25) is 4.79 Å². The number of benzene rings is 2. The minimum Gasteiger partial charge on any atom is -0.494 e. The minimum absolute atomic E-state index is 0.311. The Balaban J connectivity index is 2.05. The topological polar surface area (TPSA) is 50.7 Å². The summed E-state index contributed by atoms with van der Waals surface area (Å²) >= 11 is 12.1. The summed E-state index contributed by atoms with van der Waals surface area (Å²) in [4.78, 5) is 12.1. The highest BCUT2D eigenvalue weighted by Gasteiger charge is 2.08. The first-order chi connectivity index (χ1) is 11.5. The number of halogens is 2. The standard InChI is InChI=1S/C18H18Cl2N2O2/c1-3-10-24-15-7-4-13(5-8-15)18(23)22-21-12(2)16-11-14(19)6-9-17(16)20/h4-9,11H,3,10H2,1-2H3,(H,22,23)/b21-12-. The number of carbonyl (C=O) groups is 1. The highest BCUT2D eigenvalue weighted by atomic mass is 35.5. The van der Waals surface area contributed by atoms with Crippen LogP contribution in [0.25, 0.3) is 0 Å². The summed E-state index contributed by atoms with van der Waals surface area (Å²) in [6.07, 6.45) is 0.933. The van der Waals surface area contributed by atoms with Crippen molar-refractivity contribution in [3.63, 3.8) is 0 Å². The molecule has 4 nitrogen and oxygen atoms in total. The van der Waals surface area contributed by atoms with Crippen molar-refractivity contribution in [2.45, 2.75) is 20.3 Å². The molecule has 1 N–H and O–H groups in total. The molecule has 0 heterocycles. The zero-order chi connectivity index (χ0) is 17.5. The van der Waals surface area contributed by atoms with Crippen LogP contribution in [-0.4, -0.2) is 18.2 Å². The summed E-state index contributed by atoms with van der Waals surface area (Å²) in [5, 5.41) is 5.16. The second kappa shape index (κ2) is 8.71. The molecule has 0 radical (unpaired) electrons. The molecule has 0 aliphatic rings. The summed E-state index contributed by atoms with van der Waals surface area (Å²) in [6.45, 7) is 4.43. The van der Waals surface area contributed by atoms with Gasteiger partial charge in [0, 0.05) is 21.2 Å². The van der Waals surface area contributed by atoms with Crippen LogP contribution < -0.4 is 10.2 Å². The van der Waals surface area contributed by atoms with Crippen molar-refractivity contribution in [3.8, 4) is 5.75 Å². The number of hydrazone groups is 1. The van der Waals surface area contributed by atoms with Crippen molar-refractivity contribution in [2.24, 2.45) is 5.10 Å². The van der Waals surface area contributed by atoms with Crippen molar-refractivity contribution >= 4 is 34.8 Å². The molecule has 0 aromatic heterocycles. The van der Waals surface area contributed by atoms with Gasteiger partial charge in [-0.05, 0) is 55.8 Å². The molecule has 2 aromatic rings. The Morgan fingerprint density at radius 3 is 2.54 bits per heavy atom. The van der Waals surface area contributed by atoms with Crippen LogP contribution in [0, 0.1) is 0 Å². The Morgan fingerprint density at radius 2 is 1.88 bits per heavy atom. The van der Waals surface area contributed by atoms with Crippen molar-refractivity contribution in [2.75, 3.05) is 6.61 Å². The molecule has 126 valence electrons. The molecule has 0 spiro atoms. The van der Waals surface area contributed by atoms with E-state index in [0.29, 0.717) is 33.5 Å². The SMILES string of the molecule is CCCOc1ccc(C(=O)N/N=C(/C)c2cc(Cl)ccc2Cl)cc1. The van der Waals surface area contributed by atoms with E-state index in [-0.39, 0.29) is 5.91 Å². The van der Waals surface area contributed by atoms with E-state index < -0.39 is 0 Å². The molecule has 24 heavy (non-hydrogen) atoms. The molecule has 0 fully saturated rings. The summed E-state index contributed by atoms with van der Waals surface area (Å²) in [5.74, 6) is 0.424. The number of rotatable bonds is 6. The lowest BCUT2D eigenvalue weighted by Gasteiger charge is -2.07. The third-order valence-electron chi connectivity index (χ3n) is 3.23. The molecule has 0 atom stereocenters. The fourth-order valence-corrected chi connectivity index (χ4v) is 2.38. The first-order valence-electron chi connectivity index (χ1n) is 7.54. The van der Waals surface area contributed by atoms with Gasteiger partial charge in [0.15, 0.2) is 0 Å². The van der Waals surface area contributed by atoms with Gasteiger partial charge >= 0.3 is 0 Å². The molecule has 0 unspecified atom stereocenters. The highest BCUT2D eigenvalue weighted by Crippen LogP contribution is 2.21. The maximum absolute atomic E-state index is 12.1. The molecular weight excluding hydrogens is 347 g/mol. The molecule has 6 heteroatoms. The van der Waals surface area contributed by atoms with E-state index in [4.69, 9.17) is 27.9 Å². The number of hydrogen-bond donors (Lipinski definition) is 1. The fourth-order valence-electron chi connectivity index (χ4n) is 1.96. The molecule has 0 bridgehead atoms. The largest absolute Gasteiger partial charge is 0.494 e. The van der Waals surface area contributed by atoms with Gasteiger partial charge in [0.2, 0.25) is 0 Å². The lowest BCUT2D eigenvalue weighted by molar-refractivity contribution is 0.0955. The highest BCUT2D eigenvalue weighted by molar-refractivity contribution is 6.36. The van der Waals surface area contributed by atoms with E-state index >= 15 is 0 Å². The number of ether oxygens (including phenoxy) is 1. The van der Waals surface area contributed by atoms with Gasteiger partial charge < -0.3 is 4.74 Å². The fraction of sp³-hybridized carbons (Fsp3) is 0.222. The third-order valence-corrected chi connectivity index (χ3v) is 3.80. The monoisotopic (exact) mass is 364 g/mol. The van der Waals surface area contributed by atoms with Crippen LogP contribution in [-0.2, 0) is 0 Å². The van der Waals surface area contributed by atoms with Crippen LogP contribution in [0.4, 0.5) is 0 Å². The van der Waals surface area contributed by atoms with Crippen molar-refractivity contribution in [1.82, 2.24) is 5.43 Å². The van der Waals surface area contributed by atoms with E-state index in [9.17, 15) is 4.79 Å². The van der Waals surface area contributed by atoms with Crippen LogP contribution in [0.1, 0.15) is 36.2 Å².